The highest BCUT2D eigenvalue weighted by molar-refractivity contribution is 9.10. The maximum atomic E-state index is 6.39. The van der Waals surface area contributed by atoms with Crippen molar-refractivity contribution in [3.05, 3.63) is 68.1 Å². The van der Waals surface area contributed by atoms with Gasteiger partial charge in [0.1, 0.15) is 0 Å². The molecule has 2 aromatic carbocycles. The van der Waals surface area contributed by atoms with Gasteiger partial charge in [0.2, 0.25) is 5.79 Å². The van der Waals surface area contributed by atoms with Gasteiger partial charge in [-0.3, -0.25) is 0 Å². The van der Waals surface area contributed by atoms with Crippen LogP contribution in [0.4, 0.5) is 0 Å². The number of hydrogen-bond donors (Lipinski definition) is 0. The summed E-state index contributed by atoms with van der Waals surface area (Å²) in [6.07, 6.45) is -0.0242. The van der Waals surface area contributed by atoms with Gasteiger partial charge >= 0.3 is 0 Å². The SMILES string of the molecule is CC1COC(c2ccc(Cl)cc2Cl)(c2ccccc2Br)O1. The first-order valence-corrected chi connectivity index (χ1v) is 8.10. The van der Waals surface area contributed by atoms with Crippen LogP contribution >= 0.6 is 39.1 Å². The summed E-state index contributed by atoms with van der Waals surface area (Å²) in [6.45, 7) is 2.47. The van der Waals surface area contributed by atoms with E-state index in [4.69, 9.17) is 32.7 Å². The molecule has 1 heterocycles. The van der Waals surface area contributed by atoms with Crippen LogP contribution in [0.3, 0.4) is 0 Å². The van der Waals surface area contributed by atoms with Crippen LogP contribution in [-0.4, -0.2) is 12.7 Å². The van der Waals surface area contributed by atoms with Gasteiger partial charge < -0.3 is 9.47 Å². The standard InChI is InChI=1S/C16H13BrCl2O2/c1-10-9-20-16(21-10,12-4-2-3-5-14(12)17)13-7-6-11(18)8-15(13)19/h2-8,10H,9H2,1H3. The molecule has 2 atom stereocenters. The van der Waals surface area contributed by atoms with E-state index in [1.54, 1.807) is 12.1 Å². The molecule has 0 saturated carbocycles. The molecule has 1 fully saturated rings. The van der Waals surface area contributed by atoms with Gasteiger partial charge in [0, 0.05) is 20.6 Å². The Morgan fingerprint density at radius 3 is 2.52 bits per heavy atom. The first-order chi connectivity index (χ1) is 10.0. The van der Waals surface area contributed by atoms with E-state index in [0.29, 0.717) is 16.7 Å². The van der Waals surface area contributed by atoms with Gasteiger partial charge in [-0.1, -0.05) is 63.4 Å². The van der Waals surface area contributed by atoms with Crippen LogP contribution in [0.1, 0.15) is 18.1 Å². The molecule has 0 aromatic heterocycles. The van der Waals surface area contributed by atoms with Crippen LogP contribution in [0.25, 0.3) is 0 Å². The van der Waals surface area contributed by atoms with Crippen molar-refractivity contribution < 1.29 is 9.47 Å². The molecular formula is C16H13BrCl2O2. The predicted octanol–water partition coefficient (Wildman–Crippen LogP) is 5.39. The Hall–Kier alpha value is -0.580. The number of benzene rings is 2. The van der Waals surface area contributed by atoms with Gasteiger partial charge in [0.25, 0.3) is 0 Å². The Labute approximate surface area is 142 Å². The van der Waals surface area contributed by atoms with Crippen LogP contribution < -0.4 is 0 Å². The molecule has 1 aliphatic rings. The lowest BCUT2D eigenvalue weighted by molar-refractivity contribution is -0.140. The average molecular weight is 388 g/mol. The molecule has 0 bridgehead atoms. The Morgan fingerprint density at radius 2 is 1.90 bits per heavy atom. The van der Waals surface area contributed by atoms with Crippen molar-refractivity contribution in [1.29, 1.82) is 0 Å². The van der Waals surface area contributed by atoms with Gasteiger partial charge in [0.15, 0.2) is 0 Å². The molecule has 0 aliphatic carbocycles. The molecule has 3 rings (SSSR count). The third-order valence-corrected chi connectivity index (χ3v) is 4.64. The minimum absolute atomic E-state index is 0.0242. The van der Waals surface area contributed by atoms with Crippen molar-refractivity contribution in [3.63, 3.8) is 0 Å². The number of rotatable bonds is 2. The van der Waals surface area contributed by atoms with Crippen LogP contribution in [0, 0.1) is 0 Å². The summed E-state index contributed by atoms with van der Waals surface area (Å²) in [5.41, 5.74) is 1.64. The van der Waals surface area contributed by atoms with E-state index in [0.717, 1.165) is 15.6 Å². The van der Waals surface area contributed by atoms with Crippen LogP contribution in [0.2, 0.25) is 10.0 Å². The lowest BCUT2D eigenvalue weighted by atomic mass is 9.97. The summed E-state index contributed by atoms with van der Waals surface area (Å²) >= 11 is 16.0. The highest BCUT2D eigenvalue weighted by Crippen LogP contribution is 2.46. The zero-order chi connectivity index (χ0) is 15.0. The Morgan fingerprint density at radius 1 is 1.14 bits per heavy atom. The Kier molecular flexibility index (Phi) is 4.30. The zero-order valence-corrected chi connectivity index (χ0v) is 14.4. The summed E-state index contributed by atoms with van der Waals surface area (Å²) in [5.74, 6) is -1.01. The van der Waals surface area contributed by atoms with Crippen molar-refractivity contribution >= 4 is 39.1 Å². The lowest BCUT2D eigenvalue weighted by Crippen LogP contribution is -2.30. The average Bonchev–Trinajstić information content (AvgIpc) is 2.82. The van der Waals surface area contributed by atoms with Gasteiger partial charge in [-0.25, -0.2) is 0 Å². The topological polar surface area (TPSA) is 18.5 Å². The smallest absolute Gasteiger partial charge is 0.225 e. The van der Waals surface area contributed by atoms with Gasteiger partial charge in [-0.05, 0) is 25.1 Å². The number of halogens is 3. The highest BCUT2D eigenvalue weighted by atomic mass is 79.9. The molecule has 0 spiro atoms. The van der Waals surface area contributed by atoms with E-state index in [2.05, 4.69) is 15.9 Å². The zero-order valence-electron chi connectivity index (χ0n) is 11.3. The highest BCUT2D eigenvalue weighted by Gasteiger charge is 2.46. The van der Waals surface area contributed by atoms with Crippen LogP contribution in [-0.2, 0) is 15.3 Å². The second kappa shape index (κ2) is 5.90. The van der Waals surface area contributed by atoms with E-state index >= 15 is 0 Å². The summed E-state index contributed by atoms with van der Waals surface area (Å²) in [6, 6.07) is 13.2. The Balaban J connectivity index is 2.21. The third-order valence-electron chi connectivity index (χ3n) is 3.40. The van der Waals surface area contributed by atoms with Crippen molar-refractivity contribution in [3.8, 4) is 0 Å². The van der Waals surface area contributed by atoms with E-state index in [-0.39, 0.29) is 6.10 Å². The predicted molar refractivity (Wildman–Crippen MR) is 87.9 cm³/mol. The molecule has 2 nitrogen and oxygen atoms in total. The van der Waals surface area contributed by atoms with E-state index in [1.807, 2.05) is 37.3 Å². The van der Waals surface area contributed by atoms with E-state index < -0.39 is 5.79 Å². The molecule has 1 saturated heterocycles. The minimum Gasteiger partial charge on any atom is -0.339 e. The minimum atomic E-state index is -1.01. The number of hydrogen-bond acceptors (Lipinski definition) is 2. The Bertz CT molecular complexity index is 677. The van der Waals surface area contributed by atoms with Crippen molar-refractivity contribution in [1.82, 2.24) is 0 Å². The first kappa shape index (κ1) is 15.3. The van der Waals surface area contributed by atoms with E-state index in [9.17, 15) is 0 Å². The van der Waals surface area contributed by atoms with Crippen LogP contribution in [0.15, 0.2) is 46.9 Å². The lowest BCUT2D eigenvalue weighted by Gasteiger charge is -2.30. The number of ether oxygens (including phenoxy) is 2. The summed E-state index contributed by atoms with van der Waals surface area (Å²) in [4.78, 5) is 0. The van der Waals surface area contributed by atoms with Gasteiger partial charge in [-0.2, -0.15) is 0 Å². The summed E-state index contributed by atoms with van der Waals surface area (Å²) in [7, 11) is 0. The first-order valence-electron chi connectivity index (χ1n) is 6.55. The second-order valence-electron chi connectivity index (χ2n) is 4.96. The molecule has 2 aromatic rings. The fourth-order valence-corrected chi connectivity index (χ4v) is 3.58. The second-order valence-corrected chi connectivity index (χ2v) is 6.66. The maximum Gasteiger partial charge on any atom is 0.225 e. The summed E-state index contributed by atoms with van der Waals surface area (Å²) < 4.78 is 13.1. The fraction of sp³-hybridized carbons (Fsp3) is 0.250. The molecule has 0 radical (unpaired) electrons. The largest absolute Gasteiger partial charge is 0.339 e. The fourth-order valence-electron chi connectivity index (χ4n) is 2.50. The van der Waals surface area contributed by atoms with Gasteiger partial charge in [-0.15, -0.1) is 0 Å². The molecule has 0 N–H and O–H groups in total. The third kappa shape index (κ3) is 2.73. The quantitative estimate of drug-likeness (QED) is 0.687. The molecule has 110 valence electrons. The van der Waals surface area contributed by atoms with Crippen LogP contribution in [0.5, 0.6) is 0 Å². The monoisotopic (exact) mass is 386 g/mol. The molecule has 21 heavy (non-hydrogen) atoms. The molecule has 0 amide bonds. The van der Waals surface area contributed by atoms with Crippen molar-refractivity contribution in [2.45, 2.75) is 18.8 Å². The summed E-state index contributed by atoms with van der Waals surface area (Å²) in [5, 5.41) is 1.10. The van der Waals surface area contributed by atoms with Crippen molar-refractivity contribution in [2.75, 3.05) is 6.61 Å². The van der Waals surface area contributed by atoms with Gasteiger partial charge in [0.05, 0.1) is 17.7 Å². The van der Waals surface area contributed by atoms with Crippen molar-refractivity contribution in [2.24, 2.45) is 0 Å². The molecular weight excluding hydrogens is 375 g/mol. The normalized spacial score (nSPS) is 25.2. The molecule has 5 heteroatoms. The maximum absolute atomic E-state index is 6.39. The molecule has 2 unspecified atom stereocenters. The molecule has 1 aliphatic heterocycles. The van der Waals surface area contributed by atoms with E-state index in [1.165, 1.54) is 0 Å².